The molecule has 0 aromatic carbocycles. The molecule has 3 nitrogen and oxygen atoms in total. The molecular formula is C17H35N3. The molecule has 1 N–H and O–H groups in total. The highest BCUT2D eigenvalue weighted by molar-refractivity contribution is 4.84. The SMILES string of the molecule is CCCNC(C)CCCCN1CCCN2CCCC2C1. The maximum Gasteiger partial charge on any atom is 0.0223 e. The fourth-order valence-electron chi connectivity index (χ4n) is 3.76. The zero-order valence-electron chi connectivity index (χ0n) is 13.7. The van der Waals surface area contributed by atoms with Gasteiger partial charge in [0.1, 0.15) is 0 Å². The van der Waals surface area contributed by atoms with E-state index >= 15 is 0 Å². The normalized spacial score (nSPS) is 26.4. The Morgan fingerprint density at radius 3 is 2.85 bits per heavy atom. The molecule has 0 saturated carbocycles. The van der Waals surface area contributed by atoms with Crippen molar-refractivity contribution in [1.82, 2.24) is 15.1 Å². The Bertz CT molecular complexity index is 257. The second kappa shape index (κ2) is 9.01. The Kier molecular flexibility index (Phi) is 7.32. The van der Waals surface area contributed by atoms with Crippen molar-refractivity contribution in [2.45, 2.75) is 70.9 Å². The van der Waals surface area contributed by atoms with Crippen molar-refractivity contribution in [2.75, 3.05) is 39.3 Å². The van der Waals surface area contributed by atoms with Crippen molar-refractivity contribution in [3.05, 3.63) is 0 Å². The van der Waals surface area contributed by atoms with Crippen LogP contribution in [0.1, 0.15) is 58.8 Å². The lowest BCUT2D eigenvalue weighted by Gasteiger charge is -2.25. The van der Waals surface area contributed by atoms with Crippen LogP contribution in [0, 0.1) is 0 Å². The van der Waals surface area contributed by atoms with Crippen LogP contribution in [-0.2, 0) is 0 Å². The van der Waals surface area contributed by atoms with Gasteiger partial charge in [-0.1, -0.05) is 13.3 Å². The average molecular weight is 281 g/mol. The van der Waals surface area contributed by atoms with E-state index in [4.69, 9.17) is 0 Å². The van der Waals surface area contributed by atoms with Gasteiger partial charge in [0.25, 0.3) is 0 Å². The number of rotatable bonds is 8. The Morgan fingerprint density at radius 2 is 2.00 bits per heavy atom. The minimum Gasteiger partial charge on any atom is -0.314 e. The smallest absolute Gasteiger partial charge is 0.0223 e. The zero-order valence-corrected chi connectivity index (χ0v) is 13.7. The lowest BCUT2D eigenvalue weighted by atomic mass is 10.1. The van der Waals surface area contributed by atoms with Crippen molar-refractivity contribution in [2.24, 2.45) is 0 Å². The first-order chi connectivity index (χ1) is 9.79. The topological polar surface area (TPSA) is 18.5 Å². The van der Waals surface area contributed by atoms with E-state index in [-0.39, 0.29) is 0 Å². The number of hydrogen-bond acceptors (Lipinski definition) is 3. The molecule has 2 saturated heterocycles. The lowest BCUT2D eigenvalue weighted by Crippen LogP contribution is -2.37. The summed E-state index contributed by atoms with van der Waals surface area (Å²) in [6, 6.07) is 1.58. The molecule has 0 amide bonds. The molecule has 0 spiro atoms. The van der Waals surface area contributed by atoms with Crippen molar-refractivity contribution >= 4 is 0 Å². The first kappa shape index (κ1) is 16.3. The number of unbranched alkanes of at least 4 members (excludes halogenated alkanes) is 1. The van der Waals surface area contributed by atoms with E-state index in [1.807, 2.05) is 0 Å². The molecule has 0 radical (unpaired) electrons. The Hall–Kier alpha value is -0.120. The molecule has 2 rings (SSSR count). The van der Waals surface area contributed by atoms with Crippen LogP contribution >= 0.6 is 0 Å². The minimum atomic E-state index is 0.699. The highest BCUT2D eigenvalue weighted by Crippen LogP contribution is 2.21. The van der Waals surface area contributed by atoms with E-state index < -0.39 is 0 Å². The van der Waals surface area contributed by atoms with Crippen LogP contribution in [0.4, 0.5) is 0 Å². The van der Waals surface area contributed by atoms with Crippen LogP contribution in [0.3, 0.4) is 0 Å². The number of nitrogens with one attached hydrogen (secondary N) is 1. The molecule has 0 aliphatic carbocycles. The summed E-state index contributed by atoms with van der Waals surface area (Å²) in [5.41, 5.74) is 0. The van der Waals surface area contributed by atoms with Crippen molar-refractivity contribution in [1.29, 1.82) is 0 Å². The molecule has 3 heteroatoms. The molecule has 0 aromatic heterocycles. The molecule has 2 atom stereocenters. The predicted octanol–water partition coefficient (Wildman–Crippen LogP) is 2.71. The second-order valence-corrected chi connectivity index (χ2v) is 6.84. The molecule has 2 aliphatic heterocycles. The standard InChI is InChI=1S/C17H35N3/c1-3-10-18-16(2)8-4-5-11-19-12-7-14-20-13-6-9-17(20)15-19/h16-18H,3-15H2,1-2H3. The summed E-state index contributed by atoms with van der Waals surface area (Å²) >= 11 is 0. The van der Waals surface area contributed by atoms with Gasteiger partial charge in [-0.25, -0.2) is 0 Å². The Morgan fingerprint density at radius 1 is 1.15 bits per heavy atom. The second-order valence-electron chi connectivity index (χ2n) is 6.84. The van der Waals surface area contributed by atoms with Crippen molar-refractivity contribution < 1.29 is 0 Å². The van der Waals surface area contributed by atoms with E-state index in [0.29, 0.717) is 6.04 Å². The van der Waals surface area contributed by atoms with Gasteiger partial charge in [-0.3, -0.25) is 4.90 Å². The van der Waals surface area contributed by atoms with E-state index in [1.54, 1.807) is 0 Å². The first-order valence-electron chi connectivity index (χ1n) is 8.99. The predicted molar refractivity (Wildman–Crippen MR) is 87.3 cm³/mol. The van der Waals surface area contributed by atoms with E-state index in [0.717, 1.165) is 6.04 Å². The van der Waals surface area contributed by atoms with Gasteiger partial charge in [-0.15, -0.1) is 0 Å². The first-order valence-corrected chi connectivity index (χ1v) is 8.99. The monoisotopic (exact) mass is 281 g/mol. The van der Waals surface area contributed by atoms with Crippen molar-refractivity contribution in [3.8, 4) is 0 Å². The number of hydrogen-bond donors (Lipinski definition) is 1. The summed E-state index contributed by atoms with van der Waals surface area (Å²) in [5, 5.41) is 3.59. The average Bonchev–Trinajstić information content (AvgIpc) is 2.79. The van der Waals surface area contributed by atoms with E-state index in [9.17, 15) is 0 Å². The van der Waals surface area contributed by atoms with E-state index in [2.05, 4.69) is 29.0 Å². The molecule has 0 aromatic rings. The van der Waals surface area contributed by atoms with Gasteiger partial charge in [0.2, 0.25) is 0 Å². The Balaban J connectivity index is 1.57. The fraction of sp³-hybridized carbons (Fsp3) is 1.00. The fourth-order valence-corrected chi connectivity index (χ4v) is 3.76. The summed E-state index contributed by atoms with van der Waals surface area (Å²) in [6.07, 6.45) is 9.59. The van der Waals surface area contributed by atoms with Gasteiger partial charge in [-0.2, -0.15) is 0 Å². The van der Waals surface area contributed by atoms with Gasteiger partial charge in [0, 0.05) is 18.6 Å². The van der Waals surface area contributed by atoms with Gasteiger partial charge in [0.05, 0.1) is 0 Å². The Labute approximate surface area is 126 Å². The maximum absolute atomic E-state index is 3.59. The van der Waals surface area contributed by atoms with Crippen LogP contribution in [0.5, 0.6) is 0 Å². The van der Waals surface area contributed by atoms with Gasteiger partial charge >= 0.3 is 0 Å². The van der Waals surface area contributed by atoms with Crippen LogP contribution < -0.4 is 5.32 Å². The van der Waals surface area contributed by atoms with Gasteiger partial charge in [0.15, 0.2) is 0 Å². The van der Waals surface area contributed by atoms with Gasteiger partial charge in [-0.05, 0) is 78.2 Å². The summed E-state index contributed by atoms with van der Waals surface area (Å²) in [5.74, 6) is 0. The molecule has 2 heterocycles. The third-order valence-electron chi connectivity index (χ3n) is 4.99. The quantitative estimate of drug-likeness (QED) is 0.690. The number of fused-ring (bicyclic) bond motifs is 1. The van der Waals surface area contributed by atoms with E-state index in [1.165, 1.54) is 84.2 Å². The molecule has 20 heavy (non-hydrogen) atoms. The van der Waals surface area contributed by atoms with Crippen LogP contribution in [-0.4, -0.2) is 61.2 Å². The molecule has 2 unspecified atom stereocenters. The molecule has 118 valence electrons. The van der Waals surface area contributed by atoms with Gasteiger partial charge < -0.3 is 10.2 Å². The largest absolute Gasteiger partial charge is 0.314 e. The zero-order chi connectivity index (χ0) is 14.2. The highest BCUT2D eigenvalue weighted by Gasteiger charge is 2.28. The van der Waals surface area contributed by atoms with Crippen LogP contribution in [0.25, 0.3) is 0 Å². The summed E-state index contributed by atoms with van der Waals surface area (Å²) in [4.78, 5) is 5.47. The lowest BCUT2D eigenvalue weighted by molar-refractivity contribution is 0.217. The summed E-state index contributed by atoms with van der Waals surface area (Å²) in [6.45, 7) is 12.4. The summed E-state index contributed by atoms with van der Waals surface area (Å²) < 4.78 is 0. The van der Waals surface area contributed by atoms with Crippen LogP contribution in [0.2, 0.25) is 0 Å². The highest BCUT2D eigenvalue weighted by atomic mass is 15.3. The molecule has 2 fully saturated rings. The van der Waals surface area contributed by atoms with Crippen LogP contribution in [0.15, 0.2) is 0 Å². The minimum absolute atomic E-state index is 0.699. The maximum atomic E-state index is 3.59. The molecule has 0 bridgehead atoms. The molecule has 2 aliphatic rings. The molecular weight excluding hydrogens is 246 g/mol. The van der Waals surface area contributed by atoms with Crippen molar-refractivity contribution in [3.63, 3.8) is 0 Å². The third-order valence-corrected chi connectivity index (χ3v) is 4.99. The third kappa shape index (κ3) is 5.34. The number of nitrogens with zero attached hydrogens (tertiary/aromatic N) is 2. The summed E-state index contributed by atoms with van der Waals surface area (Å²) in [7, 11) is 0.